The Labute approximate surface area is 105 Å². The second kappa shape index (κ2) is 3.68. The van der Waals surface area contributed by atoms with Gasteiger partial charge in [-0.3, -0.25) is 0 Å². The number of benzene rings is 1. The quantitative estimate of drug-likeness (QED) is 0.688. The molecule has 3 nitrogen and oxygen atoms in total. The molecule has 0 amide bonds. The second-order valence-electron chi connectivity index (χ2n) is 3.53. The molecule has 0 aliphatic rings. The van der Waals surface area contributed by atoms with Gasteiger partial charge in [0.25, 0.3) is 0 Å². The highest BCUT2D eigenvalue weighted by molar-refractivity contribution is 9.11. The zero-order chi connectivity index (χ0) is 11.1. The van der Waals surface area contributed by atoms with Gasteiger partial charge in [0.2, 0.25) is 0 Å². The highest BCUT2D eigenvalue weighted by atomic mass is 79.9. The lowest BCUT2D eigenvalue weighted by atomic mass is 10.2. The lowest BCUT2D eigenvalue weighted by molar-refractivity contribution is 0.969. The fourth-order valence-electron chi connectivity index (χ4n) is 1.83. The van der Waals surface area contributed by atoms with Gasteiger partial charge in [0.1, 0.15) is 0 Å². The summed E-state index contributed by atoms with van der Waals surface area (Å²) < 4.78 is 2.93. The van der Waals surface area contributed by atoms with Crippen LogP contribution >= 0.6 is 27.3 Å². The van der Waals surface area contributed by atoms with Crippen LogP contribution in [0.1, 0.15) is 0 Å². The van der Waals surface area contributed by atoms with E-state index in [-0.39, 0.29) is 0 Å². The van der Waals surface area contributed by atoms with E-state index < -0.39 is 0 Å². The number of hydrogen-bond acceptors (Lipinski definition) is 3. The first-order valence-corrected chi connectivity index (χ1v) is 6.40. The average Bonchev–Trinajstić information content (AvgIpc) is 2.84. The predicted molar refractivity (Wildman–Crippen MR) is 69.5 cm³/mol. The van der Waals surface area contributed by atoms with Gasteiger partial charge in [0.15, 0.2) is 8.92 Å². The van der Waals surface area contributed by atoms with Crippen molar-refractivity contribution in [3.05, 3.63) is 34.4 Å². The van der Waals surface area contributed by atoms with Crippen LogP contribution in [0.25, 0.3) is 21.5 Å². The minimum absolute atomic E-state index is 0.815. The van der Waals surface area contributed by atoms with Crippen molar-refractivity contribution in [3.63, 3.8) is 0 Å². The van der Waals surface area contributed by atoms with Crippen molar-refractivity contribution in [2.24, 2.45) is 7.05 Å². The Morgan fingerprint density at radius 2 is 2.06 bits per heavy atom. The van der Waals surface area contributed by atoms with E-state index in [2.05, 4.69) is 49.0 Å². The SMILES string of the molecule is Cn1cc(-c2nnc(Br)s2)c2ccccc21. The number of halogens is 1. The molecule has 80 valence electrons. The first-order chi connectivity index (χ1) is 7.75. The number of para-hydroxylation sites is 1. The molecule has 0 fully saturated rings. The van der Waals surface area contributed by atoms with Crippen LogP contribution in [0.5, 0.6) is 0 Å². The Hall–Kier alpha value is -1.20. The van der Waals surface area contributed by atoms with E-state index in [0.29, 0.717) is 0 Å². The lowest BCUT2D eigenvalue weighted by Gasteiger charge is -1.93. The Morgan fingerprint density at radius 1 is 1.25 bits per heavy atom. The molecule has 3 rings (SSSR count). The summed E-state index contributed by atoms with van der Waals surface area (Å²) in [6, 6.07) is 8.30. The Bertz CT molecular complexity index is 656. The molecule has 0 saturated heterocycles. The molecular weight excluding hydrogens is 286 g/mol. The molecule has 0 spiro atoms. The molecule has 0 unspecified atom stereocenters. The smallest absolute Gasteiger partial charge is 0.183 e. The van der Waals surface area contributed by atoms with Crippen LogP contribution in [-0.2, 0) is 7.05 Å². The molecule has 0 atom stereocenters. The van der Waals surface area contributed by atoms with Gasteiger partial charge in [-0.15, -0.1) is 10.2 Å². The highest BCUT2D eigenvalue weighted by Crippen LogP contribution is 2.33. The van der Waals surface area contributed by atoms with Gasteiger partial charge in [-0.2, -0.15) is 0 Å². The van der Waals surface area contributed by atoms with Gasteiger partial charge in [-0.25, -0.2) is 0 Å². The standard InChI is InChI=1S/C11H8BrN3S/c1-15-6-8(10-13-14-11(12)16-10)7-4-2-3-5-9(7)15/h2-6H,1H3. The predicted octanol–water partition coefficient (Wildman–Crippen LogP) is 3.46. The largest absolute Gasteiger partial charge is 0.350 e. The van der Waals surface area contributed by atoms with Crippen LogP contribution in [0.2, 0.25) is 0 Å². The van der Waals surface area contributed by atoms with E-state index in [1.807, 2.05) is 19.2 Å². The second-order valence-corrected chi connectivity index (χ2v) is 5.78. The molecule has 0 saturated carbocycles. The first-order valence-electron chi connectivity index (χ1n) is 4.79. The molecule has 16 heavy (non-hydrogen) atoms. The molecule has 3 aromatic rings. The number of rotatable bonds is 1. The van der Waals surface area contributed by atoms with Gasteiger partial charge in [0, 0.05) is 29.7 Å². The van der Waals surface area contributed by atoms with Crippen molar-refractivity contribution in [1.82, 2.24) is 14.8 Å². The van der Waals surface area contributed by atoms with Gasteiger partial charge in [-0.05, 0) is 22.0 Å². The molecule has 0 N–H and O–H groups in total. The Morgan fingerprint density at radius 3 is 2.81 bits per heavy atom. The van der Waals surface area contributed by atoms with Crippen molar-refractivity contribution < 1.29 is 0 Å². The van der Waals surface area contributed by atoms with E-state index >= 15 is 0 Å². The molecular formula is C11H8BrN3S. The number of hydrogen-bond donors (Lipinski definition) is 0. The summed E-state index contributed by atoms with van der Waals surface area (Å²) in [5.41, 5.74) is 2.35. The molecule has 2 heterocycles. The molecule has 0 bridgehead atoms. The summed E-state index contributed by atoms with van der Waals surface area (Å²) in [4.78, 5) is 0. The van der Waals surface area contributed by atoms with Gasteiger partial charge < -0.3 is 4.57 Å². The fraction of sp³-hybridized carbons (Fsp3) is 0.0909. The van der Waals surface area contributed by atoms with Crippen LogP contribution in [0.4, 0.5) is 0 Å². The average molecular weight is 294 g/mol. The van der Waals surface area contributed by atoms with E-state index in [1.165, 1.54) is 10.9 Å². The molecule has 2 aromatic heterocycles. The van der Waals surface area contributed by atoms with Gasteiger partial charge >= 0.3 is 0 Å². The van der Waals surface area contributed by atoms with E-state index in [0.717, 1.165) is 14.5 Å². The van der Waals surface area contributed by atoms with Crippen LogP contribution in [0.3, 0.4) is 0 Å². The van der Waals surface area contributed by atoms with Crippen molar-refractivity contribution in [1.29, 1.82) is 0 Å². The minimum atomic E-state index is 0.815. The third-order valence-electron chi connectivity index (χ3n) is 2.53. The maximum absolute atomic E-state index is 4.16. The Kier molecular flexibility index (Phi) is 2.29. The third kappa shape index (κ3) is 1.47. The number of fused-ring (bicyclic) bond motifs is 1. The summed E-state index contributed by atoms with van der Waals surface area (Å²) >= 11 is 4.89. The van der Waals surface area contributed by atoms with Crippen LogP contribution < -0.4 is 0 Å². The summed E-state index contributed by atoms with van der Waals surface area (Å²) in [5, 5.41) is 10.3. The maximum Gasteiger partial charge on any atom is 0.183 e. The minimum Gasteiger partial charge on any atom is -0.350 e. The van der Waals surface area contributed by atoms with E-state index in [9.17, 15) is 0 Å². The Balaban J connectivity index is 2.32. The molecule has 5 heteroatoms. The topological polar surface area (TPSA) is 30.7 Å². The summed E-state index contributed by atoms with van der Waals surface area (Å²) in [5.74, 6) is 0. The van der Waals surface area contributed by atoms with Gasteiger partial charge in [-0.1, -0.05) is 29.5 Å². The summed E-state index contributed by atoms with van der Waals surface area (Å²) in [7, 11) is 2.04. The fourth-order valence-corrected chi connectivity index (χ4v) is 2.96. The molecule has 1 aromatic carbocycles. The van der Waals surface area contributed by atoms with E-state index in [1.54, 1.807) is 11.3 Å². The van der Waals surface area contributed by atoms with Crippen LogP contribution in [0, 0.1) is 0 Å². The highest BCUT2D eigenvalue weighted by Gasteiger charge is 2.11. The van der Waals surface area contributed by atoms with Crippen molar-refractivity contribution in [2.75, 3.05) is 0 Å². The molecule has 0 aliphatic heterocycles. The summed E-state index contributed by atoms with van der Waals surface area (Å²) in [6.45, 7) is 0. The number of nitrogens with zero attached hydrogens (tertiary/aromatic N) is 3. The lowest BCUT2D eigenvalue weighted by Crippen LogP contribution is -1.81. The van der Waals surface area contributed by atoms with Crippen molar-refractivity contribution >= 4 is 38.2 Å². The van der Waals surface area contributed by atoms with E-state index in [4.69, 9.17) is 0 Å². The number of aryl methyl sites for hydroxylation is 1. The molecule has 0 radical (unpaired) electrons. The zero-order valence-electron chi connectivity index (χ0n) is 8.51. The monoisotopic (exact) mass is 293 g/mol. The van der Waals surface area contributed by atoms with Crippen molar-refractivity contribution in [2.45, 2.75) is 0 Å². The number of aromatic nitrogens is 3. The normalized spacial score (nSPS) is 11.1. The van der Waals surface area contributed by atoms with Crippen LogP contribution in [-0.4, -0.2) is 14.8 Å². The molecule has 0 aliphatic carbocycles. The zero-order valence-corrected chi connectivity index (χ0v) is 10.9. The van der Waals surface area contributed by atoms with Crippen LogP contribution in [0.15, 0.2) is 34.4 Å². The maximum atomic E-state index is 4.16. The first kappa shape index (κ1) is 9.99. The summed E-state index contributed by atoms with van der Waals surface area (Å²) in [6.07, 6.45) is 2.09. The third-order valence-corrected chi connectivity index (χ3v) is 3.92. The van der Waals surface area contributed by atoms with Crippen molar-refractivity contribution in [3.8, 4) is 10.6 Å². The van der Waals surface area contributed by atoms with Gasteiger partial charge in [0.05, 0.1) is 0 Å².